The van der Waals surface area contributed by atoms with Crippen LogP contribution in [0.15, 0.2) is 42.5 Å². The molecule has 0 bridgehead atoms. The molecule has 1 atom stereocenters. The zero-order valence-electron chi connectivity index (χ0n) is 13.6. The van der Waals surface area contributed by atoms with Gasteiger partial charge in [-0.2, -0.15) is 0 Å². The van der Waals surface area contributed by atoms with Crippen molar-refractivity contribution in [1.82, 2.24) is 5.32 Å². The Labute approximate surface area is 136 Å². The first-order valence-electron chi connectivity index (χ1n) is 7.38. The maximum Gasteiger partial charge on any atom is 0.257 e. The number of aryl methyl sites for hydroxylation is 1. The molecule has 5 nitrogen and oxygen atoms in total. The summed E-state index contributed by atoms with van der Waals surface area (Å²) in [5, 5.41) is 2.51. The fourth-order valence-electron chi connectivity index (χ4n) is 2.25. The average molecular weight is 314 g/mol. The number of amides is 1. The lowest BCUT2D eigenvalue weighted by molar-refractivity contribution is -0.122. The molecule has 2 aromatic rings. The van der Waals surface area contributed by atoms with Crippen molar-refractivity contribution in [2.45, 2.75) is 13.0 Å². The lowest BCUT2D eigenvalue weighted by Gasteiger charge is -2.17. The van der Waals surface area contributed by atoms with Gasteiger partial charge >= 0.3 is 0 Å². The van der Waals surface area contributed by atoms with Gasteiger partial charge in [-0.25, -0.2) is 0 Å². The summed E-state index contributed by atoms with van der Waals surface area (Å²) in [6, 6.07) is 13.1. The molecule has 0 radical (unpaired) electrons. The topological polar surface area (TPSA) is 73.6 Å². The number of ether oxygens (including phenoxy) is 2. The maximum atomic E-state index is 11.2. The summed E-state index contributed by atoms with van der Waals surface area (Å²) >= 11 is 0. The molecule has 23 heavy (non-hydrogen) atoms. The molecule has 3 N–H and O–H groups in total. The number of carbonyl (C=O) groups excluding carboxylic acids is 1. The number of rotatable bonds is 6. The van der Waals surface area contributed by atoms with Crippen molar-refractivity contribution >= 4 is 5.91 Å². The van der Waals surface area contributed by atoms with Gasteiger partial charge in [0, 0.05) is 12.6 Å². The Morgan fingerprint density at radius 3 is 2.52 bits per heavy atom. The van der Waals surface area contributed by atoms with Crippen LogP contribution in [0.4, 0.5) is 0 Å². The van der Waals surface area contributed by atoms with Crippen LogP contribution in [0, 0.1) is 6.92 Å². The Morgan fingerprint density at radius 2 is 1.91 bits per heavy atom. The normalized spacial score (nSPS) is 11.7. The Hall–Kier alpha value is -2.53. The van der Waals surface area contributed by atoms with E-state index in [9.17, 15) is 4.79 Å². The molecule has 0 aliphatic heterocycles. The summed E-state index contributed by atoms with van der Waals surface area (Å²) in [5.74, 6) is 1.23. The van der Waals surface area contributed by atoms with E-state index in [1.807, 2.05) is 37.3 Å². The highest BCUT2D eigenvalue weighted by molar-refractivity contribution is 5.77. The Bertz CT molecular complexity index is 668. The number of benzene rings is 2. The van der Waals surface area contributed by atoms with Crippen molar-refractivity contribution in [3.05, 3.63) is 59.2 Å². The Morgan fingerprint density at radius 1 is 1.22 bits per heavy atom. The molecule has 0 aliphatic carbocycles. The van der Waals surface area contributed by atoms with Crippen molar-refractivity contribution < 1.29 is 14.3 Å². The first-order valence-corrected chi connectivity index (χ1v) is 7.38. The number of hydrogen-bond donors (Lipinski definition) is 2. The Balaban J connectivity index is 2.14. The summed E-state index contributed by atoms with van der Waals surface area (Å²) in [4.78, 5) is 11.2. The smallest absolute Gasteiger partial charge is 0.257 e. The van der Waals surface area contributed by atoms with Crippen LogP contribution < -0.4 is 20.5 Å². The van der Waals surface area contributed by atoms with E-state index in [4.69, 9.17) is 15.2 Å². The second-order valence-electron chi connectivity index (χ2n) is 5.25. The zero-order valence-corrected chi connectivity index (χ0v) is 13.6. The van der Waals surface area contributed by atoms with Gasteiger partial charge in [0.2, 0.25) is 0 Å². The molecule has 2 aromatic carbocycles. The monoisotopic (exact) mass is 314 g/mol. The molecular formula is C18H22N2O3. The van der Waals surface area contributed by atoms with E-state index in [1.165, 1.54) is 0 Å². The van der Waals surface area contributed by atoms with E-state index in [2.05, 4.69) is 5.32 Å². The van der Waals surface area contributed by atoms with Gasteiger partial charge < -0.3 is 20.5 Å². The molecule has 1 unspecified atom stereocenters. The fraction of sp³-hybridized carbons (Fsp3) is 0.278. The highest BCUT2D eigenvalue weighted by atomic mass is 16.5. The highest BCUT2D eigenvalue weighted by Gasteiger charge is 2.14. The van der Waals surface area contributed by atoms with Crippen LogP contribution in [0.3, 0.4) is 0 Å². The minimum Gasteiger partial charge on any atom is -0.496 e. The van der Waals surface area contributed by atoms with Crippen LogP contribution in [0.25, 0.3) is 0 Å². The third kappa shape index (κ3) is 4.23. The molecule has 2 rings (SSSR count). The molecule has 0 heterocycles. The van der Waals surface area contributed by atoms with Gasteiger partial charge in [-0.05, 0) is 36.2 Å². The molecule has 0 aromatic heterocycles. The second-order valence-corrected chi connectivity index (χ2v) is 5.25. The molecule has 1 amide bonds. The minimum atomic E-state index is -0.293. The molecule has 0 aliphatic rings. The van der Waals surface area contributed by atoms with Crippen LogP contribution in [0.5, 0.6) is 11.5 Å². The second kappa shape index (κ2) is 7.65. The van der Waals surface area contributed by atoms with E-state index < -0.39 is 0 Å². The number of methoxy groups -OCH3 is 1. The fourth-order valence-corrected chi connectivity index (χ4v) is 2.25. The summed E-state index contributed by atoms with van der Waals surface area (Å²) in [5.41, 5.74) is 9.34. The van der Waals surface area contributed by atoms with Gasteiger partial charge in [0.05, 0.1) is 13.2 Å². The van der Waals surface area contributed by atoms with E-state index in [0.29, 0.717) is 5.75 Å². The molecule has 0 spiro atoms. The van der Waals surface area contributed by atoms with Gasteiger partial charge in [0.1, 0.15) is 11.5 Å². The highest BCUT2D eigenvalue weighted by Crippen LogP contribution is 2.29. The summed E-state index contributed by atoms with van der Waals surface area (Å²) in [6.07, 6.45) is 0. The van der Waals surface area contributed by atoms with Gasteiger partial charge in [0.25, 0.3) is 5.91 Å². The SMILES string of the molecule is CNC(=O)COc1ccc(C(N)c2ccc(C)cc2OC)cc1. The summed E-state index contributed by atoms with van der Waals surface area (Å²) in [7, 11) is 3.21. The van der Waals surface area contributed by atoms with E-state index in [1.54, 1.807) is 26.3 Å². The predicted octanol–water partition coefficient (Wildman–Crippen LogP) is 2.18. The van der Waals surface area contributed by atoms with E-state index in [0.717, 1.165) is 22.4 Å². The van der Waals surface area contributed by atoms with Crippen molar-refractivity contribution in [3.63, 3.8) is 0 Å². The molecule has 0 saturated carbocycles. The maximum absolute atomic E-state index is 11.2. The lowest BCUT2D eigenvalue weighted by atomic mass is 9.97. The minimum absolute atomic E-state index is 0.00626. The number of likely N-dealkylation sites (N-methyl/N-ethyl adjacent to an activating group) is 1. The van der Waals surface area contributed by atoms with Crippen LogP contribution >= 0.6 is 0 Å². The predicted molar refractivity (Wildman–Crippen MR) is 89.8 cm³/mol. The van der Waals surface area contributed by atoms with Crippen molar-refractivity contribution in [3.8, 4) is 11.5 Å². The van der Waals surface area contributed by atoms with Crippen molar-refractivity contribution in [1.29, 1.82) is 0 Å². The third-order valence-electron chi connectivity index (χ3n) is 3.61. The van der Waals surface area contributed by atoms with E-state index >= 15 is 0 Å². The zero-order chi connectivity index (χ0) is 16.8. The van der Waals surface area contributed by atoms with Crippen LogP contribution in [-0.2, 0) is 4.79 Å². The van der Waals surface area contributed by atoms with Crippen LogP contribution in [0.2, 0.25) is 0 Å². The first kappa shape index (κ1) is 16.8. The van der Waals surface area contributed by atoms with Gasteiger partial charge in [-0.15, -0.1) is 0 Å². The standard InChI is InChI=1S/C18H22N2O3/c1-12-4-9-15(16(10-12)22-3)18(19)13-5-7-14(8-6-13)23-11-17(21)20-2/h4-10,18H,11,19H2,1-3H3,(H,20,21). The van der Waals surface area contributed by atoms with Crippen molar-refractivity contribution in [2.75, 3.05) is 20.8 Å². The number of hydrogen-bond acceptors (Lipinski definition) is 4. The Kier molecular flexibility index (Phi) is 5.60. The number of nitrogens with two attached hydrogens (primary N) is 1. The number of nitrogens with one attached hydrogen (secondary N) is 1. The molecule has 5 heteroatoms. The summed E-state index contributed by atoms with van der Waals surface area (Å²) < 4.78 is 10.8. The van der Waals surface area contributed by atoms with Gasteiger partial charge in [-0.3, -0.25) is 4.79 Å². The van der Waals surface area contributed by atoms with Gasteiger partial charge in [0.15, 0.2) is 6.61 Å². The molecule has 0 saturated heterocycles. The lowest BCUT2D eigenvalue weighted by Crippen LogP contribution is -2.24. The van der Waals surface area contributed by atoms with Crippen LogP contribution in [0.1, 0.15) is 22.7 Å². The third-order valence-corrected chi connectivity index (χ3v) is 3.61. The average Bonchev–Trinajstić information content (AvgIpc) is 2.59. The quantitative estimate of drug-likeness (QED) is 0.857. The van der Waals surface area contributed by atoms with Gasteiger partial charge in [-0.1, -0.05) is 24.3 Å². The number of carbonyl (C=O) groups is 1. The molecule has 122 valence electrons. The largest absolute Gasteiger partial charge is 0.496 e. The summed E-state index contributed by atoms with van der Waals surface area (Å²) in [6.45, 7) is 2.00. The molecular weight excluding hydrogens is 292 g/mol. The van der Waals surface area contributed by atoms with Crippen molar-refractivity contribution in [2.24, 2.45) is 5.73 Å². The van der Waals surface area contributed by atoms with Crippen LogP contribution in [-0.4, -0.2) is 26.7 Å². The van der Waals surface area contributed by atoms with E-state index in [-0.39, 0.29) is 18.6 Å². The molecule has 0 fully saturated rings. The first-order chi connectivity index (χ1) is 11.0.